The fourth-order valence-corrected chi connectivity index (χ4v) is 2.91. The number of benzene rings is 1. The fraction of sp³-hybridized carbons (Fsp3) is 0.316. The number of nitrogens with one attached hydrogen (secondary N) is 2. The van der Waals surface area contributed by atoms with Gasteiger partial charge in [-0.25, -0.2) is 0 Å². The standard InChI is InChI=1S/C19H22N4O2/c1-12(11-23-14(3)8-13(2)22-23)10-20-19(25)17-9-15-6-4-5-7-16(15)18(24)21-17/h4-9,12H,10-11H2,1-3H3,(H,20,25)(H,21,24)/t12-/m0/s1. The van der Waals surface area contributed by atoms with Gasteiger partial charge in [0.05, 0.1) is 5.69 Å². The van der Waals surface area contributed by atoms with Gasteiger partial charge in [-0.2, -0.15) is 5.10 Å². The van der Waals surface area contributed by atoms with Crippen molar-refractivity contribution in [3.05, 3.63) is 63.8 Å². The number of nitrogens with zero attached hydrogens (tertiary/aromatic N) is 2. The second-order valence-corrected chi connectivity index (χ2v) is 6.52. The van der Waals surface area contributed by atoms with Crippen LogP contribution in [0, 0.1) is 19.8 Å². The number of rotatable bonds is 5. The van der Waals surface area contributed by atoms with E-state index in [4.69, 9.17) is 0 Å². The van der Waals surface area contributed by atoms with Crippen LogP contribution in [0.25, 0.3) is 10.8 Å². The highest BCUT2D eigenvalue weighted by atomic mass is 16.2. The Hall–Kier alpha value is -2.89. The predicted octanol–water partition coefficient (Wildman–Crippen LogP) is 2.41. The quantitative estimate of drug-likeness (QED) is 0.750. The van der Waals surface area contributed by atoms with E-state index >= 15 is 0 Å². The highest BCUT2D eigenvalue weighted by molar-refractivity contribution is 5.96. The summed E-state index contributed by atoms with van der Waals surface area (Å²) in [5, 5.41) is 8.66. The molecule has 2 N–H and O–H groups in total. The summed E-state index contributed by atoms with van der Waals surface area (Å²) in [6, 6.07) is 11.0. The summed E-state index contributed by atoms with van der Waals surface area (Å²) in [6.07, 6.45) is 0. The summed E-state index contributed by atoms with van der Waals surface area (Å²) in [5.74, 6) is -0.0581. The molecular formula is C19H22N4O2. The zero-order valence-corrected chi connectivity index (χ0v) is 14.7. The molecule has 1 aromatic carbocycles. The van der Waals surface area contributed by atoms with Crippen molar-refractivity contribution in [3.63, 3.8) is 0 Å². The Morgan fingerprint density at radius 3 is 2.76 bits per heavy atom. The molecule has 0 saturated carbocycles. The van der Waals surface area contributed by atoms with Gasteiger partial charge in [0.1, 0.15) is 5.69 Å². The summed E-state index contributed by atoms with van der Waals surface area (Å²) in [4.78, 5) is 27.1. The van der Waals surface area contributed by atoms with Gasteiger partial charge in [-0.15, -0.1) is 0 Å². The highest BCUT2D eigenvalue weighted by Crippen LogP contribution is 2.10. The molecule has 0 bridgehead atoms. The van der Waals surface area contributed by atoms with Crippen LogP contribution in [0.5, 0.6) is 0 Å². The number of aryl methyl sites for hydroxylation is 2. The Bertz CT molecular complexity index is 971. The molecule has 0 unspecified atom stereocenters. The van der Waals surface area contributed by atoms with Crippen LogP contribution in [-0.4, -0.2) is 27.2 Å². The largest absolute Gasteiger partial charge is 0.350 e. The second kappa shape index (κ2) is 6.93. The average Bonchev–Trinajstić information content (AvgIpc) is 2.89. The minimum atomic E-state index is -0.275. The third kappa shape index (κ3) is 3.79. The zero-order chi connectivity index (χ0) is 18.0. The molecular weight excluding hydrogens is 316 g/mol. The Balaban J connectivity index is 1.66. The van der Waals surface area contributed by atoms with Crippen molar-refractivity contribution >= 4 is 16.7 Å². The van der Waals surface area contributed by atoms with E-state index in [1.165, 1.54) is 0 Å². The molecule has 1 amide bonds. The number of aromatic nitrogens is 3. The number of amides is 1. The number of aromatic amines is 1. The lowest BCUT2D eigenvalue weighted by Crippen LogP contribution is -2.32. The summed E-state index contributed by atoms with van der Waals surface area (Å²) in [5.41, 5.74) is 2.12. The molecule has 1 atom stereocenters. The van der Waals surface area contributed by atoms with E-state index in [-0.39, 0.29) is 23.1 Å². The predicted molar refractivity (Wildman–Crippen MR) is 97.8 cm³/mol. The first-order chi connectivity index (χ1) is 11.9. The van der Waals surface area contributed by atoms with Crippen molar-refractivity contribution in [1.29, 1.82) is 0 Å². The lowest BCUT2D eigenvalue weighted by atomic mass is 10.1. The van der Waals surface area contributed by atoms with Crippen molar-refractivity contribution < 1.29 is 4.79 Å². The normalized spacial score (nSPS) is 12.3. The number of carbonyl (C=O) groups is 1. The molecule has 2 heterocycles. The van der Waals surface area contributed by atoms with Crippen LogP contribution in [0.3, 0.4) is 0 Å². The van der Waals surface area contributed by atoms with Crippen LogP contribution in [0.4, 0.5) is 0 Å². The van der Waals surface area contributed by atoms with Gasteiger partial charge in [-0.05, 0) is 43.4 Å². The maximum absolute atomic E-state index is 12.4. The molecule has 0 aliphatic rings. The molecule has 0 spiro atoms. The lowest BCUT2D eigenvalue weighted by molar-refractivity contribution is 0.0941. The molecule has 2 aromatic heterocycles. The number of hydrogen-bond donors (Lipinski definition) is 2. The molecule has 3 rings (SSSR count). The van der Waals surface area contributed by atoms with Gasteiger partial charge in [-0.3, -0.25) is 14.3 Å². The van der Waals surface area contributed by atoms with Gasteiger partial charge in [-0.1, -0.05) is 25.1 Å². The third-order valence-corrected chi connectivity index (χ3v) is 4.20. The van der Waals surface area contributed by atoms with Gasteiger partial charge in [0.25, 0.3) is 11.5 Å². The number of pyridine rings is 1. The Morgan fingerprint density at radius 1 is 1.28 bits per heavy atom. The number of hydrogen-bond acceptors (Lipinski definition) is 3. The van der Waals surface area contributed by atoms with Crippen LogP contribution >= 0.6 is 0 Å². The number of carbonyl (C=O) groups excluding carboxylic acids is 1. The van der Waals surface area contributed by atoms with Crippen LogP contribution < -0.4 is 10.9 Å². The van der Waals surface area contributed by atoms with E-state index in [9.17, 15) is 9.59 Å². The summed E-state index contributed by atoms with van der Waals surface area (Å²) in [6.45, 7) is 7.28. The maximum Gasteiger partial charge on any atom is 0.267 e. The second-order valence-electron chi connectivity index (χ2n) is 6.52. The van der Waals surface area contributed by atoms with Crippen LogP contribution in [0.2, 0.25) is 0 Å². The van der Waals surface area contributed by atoms with Crippen molar-refractivity contribution in [1.82, 2.24) is 20.1 Å². The molecule has 0 aliphatic carbocycles. The topological polar surface area (TPSA) is 79.8 Å². The zero-order valence-electron chi connectivity index (χ0n) is 14.7. The van der Waals surface area contributed by atoms with E-state index in [0.29, 0.717) is 11.9 Å². The van der Waals surface area contributed by atoms with E-state index in [1.54, 1.807) is 18.2 Å². The molecule has 130 valence electrons. The fourth-order valence-electron chi connectivity index (χ4n) is 2.91. The van der Waals surface area contributed by atoms with E-state index in [2.05, 4.69) is 22.3 Å². The monoisotopic (exact) mass is 338 g/mol. The van der Waals surface area contributed by atoms with Gasteiger partial charge >= 0.3 is 0 Å². The summed E-state index contributed by atoms with van der Waals surface area (Å²) < 4.78 is 1.95. The van der Waals surface area contributed by atoms with Crippen molar-refractivity contribution in [3.8, 4) is 0 Å². The molecule has 0 fully saturated rings. The summed E-state index contributed by atoms with van der Waals surface area (Å²) >= 11 is 0. The molecule has 25 heavy (non-hydrogen) atoms. The maximum atomic E-state index is 12.4. The molecule has 0 aliphatic heterocycles. The Kier molecular flexibility index (Phi) is 4.70. The smallest absolute Gasteiger partial charge is 0.267 e. The Morgan fingerprint density at radius 2 is 2.04 bits per heavy atom. The highest BCUT2D eigenvalue weighted by Gasteiger charge is 2.12. The van der Waals surface area contributed by atoms with E-state index < -0.39 is 0 Å². The average molecular weight is 338 g/mol. The van der Waals surface area contributed by atoms with E-state index in [1.807, 2.05) is 36.7 Å². The molecule has 0 radical (unpaired) electrons. The van der Waals surface area contributed by atoms with Crippen molar-refractivity contribution in [2.45, 2.75) is 27.3 Å². The first-order valence-corrected chi connectivity index (χ1v) is 8.35. The molecule has 6 heteroatoms. The number of H-pyrrole nitrogens is 1. The molecule has 6 nitrogen and oxygen atoms in total. The van der Waals surface area contributed by atoms with Gasteiger partial charge in [0, 0.05) is 24.2 Å². The van der Waals surface area contributed by atoms with Crippen LogP contribution in [-0.2, 0) is 6.54 Å². The van der Waals surface area contributed by atoms with Crippen molar-refractivity contribution in [2.75, 3.05) is 6.54 Å². The van der Waals surface area contributed by atoms with Gasteiger partial charge in [0.15, 0.2) is 0 Å². The lowest BCUT2D eigenvalue weighted by Gasteiger charge is -2.14. The molecule has 0 saturated heterocycles. The first-order valence-electron chi connectivity index (χ1n) is 8.35. The minimum absolute atomic E-state index is 0.217. The Labute approximate surface area is 145 Å². The van der Waals surface area contributed by atoms with Crippen LogP contribution in [0.1, 0.15) is 28.8 Å². The van der Waals surface area contributed by atoms with Crippen LogP contribution in [0.15, 0.2) is 41.2 Å². The van der Waals surface area contributed by atoms with E-state index in [0.717, 1.165) is 23.3 Å². The third-order valence-electron chi connectivity index (χ3n) is 4.20. The summed E-state index contributed by atoms with van der Waals surface area (Å²) in [7, 11) is 0. The first kappa shape index (κ1) is 17.0. The van der Waals surface area contributed by atoms with Crippen molar-refractivity contribution in [2.24, 2.45) is 5.92 Å². The molecule has 3 aromatic rings. The minimum Gasteiger partial charge on any atom is -0.350 e. The van der Waals surface area contributed by atoms with Gasteiger partial charge in [0.2, 0.25) is 0 Å². The van der Waals surface area contributed by atoms with Gasteiger partial charge < -0.3 is 10.3 Å². The number of fused-ring (bicyclic) bond motifs is 1. The SMILES string of the molecule is Cc1cc(C)n(C[C@@H](C)CNC(=O)c2cc3ccccc3c(=O)[nH]2)n1.